The Kier molecular flexibility index (Phi) is 6.60. The highest BCUT2D eigenvalue weighted by molar-refractivity contribution is 5.77. The van der Waals surface area contributed by atoms with Gasteiger partial charge in [-0.3, -0.25) is 9.59 Å². The molecule has 0 aromatic heterocycles. The molecule has 2 N–H and O–H groups in total. The van der Waals surface area contributed by atoms with Gasteiger partial charge in [-0.25, -0.2) is 0 Å². The molecule has 0 bridgehead atoms. The Morgan fingerprint density at radius 2 is 1.95 bits per heavy atom. The van der Waals surface area contributed by atoms with Crippen molar-refractivity contribution in [1.82, 2.24) is 10.6 Å². The summed E-state index contributed by atoms with van der Waals surface area (Å²) >= 11 is 0. The van der Waals surface area contributed by atoms with E-state index in [9.17, 15) is 9.59 Å². The van der Waals surface area contributed by atoms with Gasteiger partial charge in [0.1, 0.15) is 6.61 Å². The minimum Gasteiger partial charge on any atom is -0.461 e. The van der Waals surface area contributed by atoms with Gasteiger partial charge < -0.3 is 15.4 Å². The molecule has 5 nitrogen and oxygen atoms in total. The highest BCUT2D eigenvalue weighted by Gasteiger charge is 2.14. The van der Waals surface area contributed by atoms with Crippen LogP contribution < -0.4 is 10.6 Å². The van der Waals surface area contributed by atoms with E-state index >= 15 is 0 Å². The number of ether oxygens (including phenoxy) is 1. The SMILES string of the molecule is CNC(=O)CNCC(C)C(=O)OCc1ccccc1. The third-order valence-electron chi connectivity index (χ3n) is 2.64. The second-order valence-corrected chi connectivity index (χ2v) is 4.30. The molecule has 1 aromatic carbocycles. The number of carbonyl (C=O) groups excluding carboxylic acids is 2. The zero-order valence-corrected chi connectivity index (χ0v) is 11.3. The van der Waals surface area contributed by atoms with Crippen molar-refractivity contribution in [2.24, 2.45) is 5.92 Å². The van der Waals surface area contributed by atoms with Crippen LogP contribution in [0.1, 0.15) is 12.5 Å². The van der Waals surface area contributed by atoms with Gasteiger partial charge in [-0.2, -0.15) is 0 Å². The van der Waals surface area contributed by atoms with Gasteiger partial charge in [-0.1, -0.05) is 37.3 Å². The van der Waals surface area contributed by atoms with Crippen LogP contribution in [0.3, 0.4) is 0 Å². The molecule has 5 heteroatoms. The molecule has 0 aliphatic heterocycles. The quantitative estimate of drug-likeness (QED) is 0.711. The van der Waals surface area contributed by atoms with Gasteiger partial charge >= 0.3 is 5.97 Å². The second-order valence-electron chi connectivity index (χ2n) is 4.30. The Labute approximate surface area is 113 Å². The average molecular weight is 264 g/mol. The van der Waals surface area contributed by atoms with Crippen molar-refractivity contribution in [3.63, 3.8) is 0 Å². The number of amides is 1. The van der Waals surface area contributed by atoms with Gasteiger partial charge in [0.05, 0.1) is 12.5 Å². The van der Waals surface area contributed by atoms with Crippen molar-refractivity contribution in [2.45, 2.75) is 13.5 Å². The minimum atomic E-state index is -0.284. The molecule has 1 amide bonds. The lowest BCUT2D eigenvalue weighted by Gasteiger charge is -2.12. The van der Waals surface area contributed by atoms with E-state index in [1.165, 1.54) is 0 Å². The van der Waals surface area contributed by atoms with E-state index in [0.717, 1.165) is 5.56 Å². The summed E-state index contributed by atoms with van der Waals surface area (Å²) in [5.74, 6) is -0.661. The summed E-state index contributed by atoms with van der Waals surface area (Å²) < 4.78 is 5.19. The molecule has 1 aromatic rings. The lowest BCUT2D eigenvalue weighted by molar-refractivity contribution is -0.149. The zero-order valence-electron chi connectivity index (χ0n) is 11.3. The van der Waals surface area contributed by atoms with Crippen LogP contribution in [0.5, 0.6) is 0 Å². The molecule has 104 valence electrons. The molecule has 19 heavy (non-hydrogen) atoms. The summed E-state index contributed by atoms with van der Waals surface area (Å²) in [4.78, 5) is 22.7. The predicted octanol–water partition coefficient (Wildman–Crippen LogP) is 0.702. The van der Waals surface area contributed by atoms with E-state index in [-0.39, 0.29) is 30.9 Å². The van der Waals surface area contributed by atoms with E-state index in [2.05, 4.69) is 10.6 Å². The number of hydrogen-bond donors (Lipinski definition) is 2. The number of carbonyl (C=O) groups is 2. The van der Waals surface area contributed by atoms with Gasteiger partial charge in [0.25, 0.3) is 0 Å². The van der Waals surface area contributed by atoms with Crippen molar-refractivity contribution < 1.29 is 14.3 Å². The molecule has 1 rings (SSSR count). The maximum atomic E-state index is 11.7. The topological polar surface area (TPSA) is 67.4 Å². The van der Waals surface area contributed by atoms with Crippen LogP contribution in [0.15, 0.2) is 30.3 Å². The van der Waals surface area contributed by atoms with E-state index in [1.54, 1.807) is 14.0 Å². The summed E-state index contributed by atoms with van der Waals surface area (Å²) in [6, 6.07) is 9.52. The third kappa shape index (κ3) is 6.01. The van der Waals surface area contributed by atoms with Crippen LogP contribution in [0, 0.1) is 5.92 Å². The first-order chi connectivity index (χ1) is 9.13. The molecule has 0 aliphatic carbocycles. The number of benzene rings is 1. The number of esters is 1. The number of likely N-dealkylation sites (N-methyl/N-ethyl adjacent to an activating group) is 1. The van der Waals surface area contributed by atoms with Gasteiger partial charge in [0.2, 0.25) is 5.91 Å². The fourth-order valence-electron chi connectivity index (χ4n) is 1.44. The summed E-state index contributed by atoms with van der Waals surface area (Å²) in [7, 11) is 1.57. The first-order valence-corrected chi connectivity index (χ1v) is 6.25. The van der Waals surface area contributed by atoms with Crippen molar-refractivity contribution in [3.8, 4) is 0 Å². The Morgan fingerprint density at radius 1 is 1.26 bits per heavy atom. The predicted molar refractivity (Wildman–Crippen MR) is 72.3 cm³/mol. The Bertz CT molecular complexity index is 406. The van der Waals surface area contributed by atoms with Gasteiger partial charge in [0, 0.05) is 13.6 Å². The first-order valence-electron chi connectivity index (χ1n) is 6.25. The van der Waals surface area contributed by atoms with Crippen molar-refractivity contribution in [1.29, 1.82) is 0 Å². The molecular weight excluding hydrogens is 244 g/mol. The Hall–Kier alpha value is -1.88. The third-order valence-corrected chi connectivity index (χ3v) is 2.64. The van der Waals surface area contributed by atoms with Crippen molar-refractivity contribution in [3.05, 3.63) is 35.9 Å². The lowest BCUT2D eigenvalue weighted by atomic mass is 10.2. The van der Waals surface area contributed by atoms with Crippen LogP contribution in [0.2, 0.25) is 0 Å². The fourth-order valence-corrected chi connectivity index (χ4v) is 1.44. The van der Waals surface area contributed by atoms with Crippen molar-refractivity contribution in [2.75, 3.05) is 20.1 Å². The largest absolute Gasteiger partial charge is 0.461 e. The molecule has 1 atom stereocenters. The standard InChI is InChI=1S/C14H20N2O3/c1-11(8-16-9-13(17)15-2)14(18)19-10-12-6-4-3-5-7-12/h3-7,11,16H,8-10H2,1-2H3,(H,15,17). The molecule has 1 unspecified atom stereocenters. The van der Waals surface area contributed by atoms with Crippen LogP contribution in [0.25, 0.3) is 0 Å². The number of rotatable bonds is 7. The highest BCUT2D eigenvalue weighted by Crippen LogP contribution is 2.04. The normalized spacial score (nSPS) is 11.7. The van der Waals surface area contributed by atoms with Crippen LogP contribution >= 0.6 is 0 Å². The van der Waals surface area contributed by atoms with E-state index in [1.807, 2.05) is 30.3 Å². The first kappa shape index (κ1) is 15.2. The lowest BCUT2D eigenvalue weighted by Crippen LogP contribution is -2.35. The maximum absolute atomic E-state index is 11.7. The van der Waals surface area contributed by atoms with E-state index in [4.69, 9.17) is 4.74 Å². The van der Waals surface area contributed by atoms with Gasteiger partial charge in [-0.05, 0) is 5.56 Å². The summed E-state index contributed by atoms with van der Waals surface area (Å²) in [6.45, 7) is 2.66. The van der Waals surface area contributed by atoms with Crippen LogP contribution in [-0.4, -0.2) is 32.0 Å². The van der Waals surface area contributed by atoms with E-state index in [0.29, 0.717) is 6.54 Å². The monoisotopic (exact) mass is 264 g/mol. The average Bonchev–Trinajstić information content (AvgIpc) is 2.45. The van der Waals surface area contributed by atoms with Gasteiger partial charge in [0.15, 0.2) is 0 Å². The summed E-state index contributed by atoms with van der Waals surface area (Å²) in [5.41, 5.74) is 0.960. The molecule has 0 heterocycles. The van der Waals surface area contributed by atoms with E-state index < -0.39 is 0 Å². The number of hydrogen-bond acceptors (Lipinski definition) is 4. The maximum Gasteiger partial charge on any atom is 0.310 e. The molecule has 0 saturated carbocycles. The Morgan fingerprint density at radius 3 is 2.58 bits per heavy atom. The second kappa shape index (κ2) is 8.26. The minimum absolute atomic E-state index is 0.107. The molecule has 0 saturated heterocycles. The molecule has 0 radical (unpaired) electrons. The molecular formula is C14H20N2O3. The molecule has 0 fully saturated rings. The zero-order chi connectivity index (χ0) is 14.1. The molecule has 0 aliphatic rings. The fraction of sp³-hybridized carbons (Fsp3) is 0.429. The van der Waals surface area contributed by atoms with Crippen LogP contribution in [-0.2, 0) is 20.9 Å². The smallest absolute Gasteiger partial charge is 0.310 e. The Balaban J connectivity index is 2.23. The summed E-state index contributed by atoms with van der Waals surface area (Å²) in [6.07, 6.45) is 0. The van der Waals surface area contributed by atoms with Crippen molar-refractivity contribution >= 4 is 11.9 Å². The number of nitrogens with one attached hydrogen (secondary N) is 2. The molecule has 0 spiro atoms. The van der Waals surface area contributed by atoms with Gasteiger partial charge in [-0.15, -0.1) is 0 Å². The van der Waals surface area contributed by atoms with Crippen LogP contribution in [0.4, 0.5) is 0 Å². The highest BCUT2D eigenvalue weighted by atomic mass is 16.5. The summed E-state index contributed by atoms with van der Waals surface area (Å²) in [5, 5.41) is 5.40.